The third-order valence-corrected chi connectivity index (χ3v) is 9.60. The zero-order valence-corrected chi connectivity index (χ0v) is 27.9. The van der Waals surface area contributed by atoms with Crippen molar-refractivity contribution in [1.82, 2.24) is 15.0 Å². The summed E-state index contributed by atoms with van der Waals surface area (Å²) >= 11 is 0. The molecule has 10 rings (SSSR count). The van der Waals surface area contributed by atoms with Crippen LogP contribution in [-0.4, -0.2) is 15.0 Å². The van der Waals surface area contributed by atoms with Gasteiger partial charge in [-0.05, 0) is 70.4 Å². The molecule has 1 unspecified atom stereocenters. The van der Waals surface area contributed by atoms with Gasteiger partial charge in [0.2, 0.25) is 5.89 Å². The molecule has 246 valence electrons. The van der Waals surface area contributed by atoms with Gasteiger partial charge < -0.3 is 14.5 Å². The second-order valence-electron chi connectivity index (χ2n) is 12.9. The van der Waals surface area contributed by atoms with Crippen LogP contribution in [-0.2, 0) is 0 Å². The first-order valence-corrected chi connectivity index (χ1v) is 17.3. The predicted molar refractivity (Wildman–Crippen MR) is 208 cm³/mol. The summed E-state index contributed by atoms with van der Waals surface area (Å²) in [5.41, 5.74) is 11.4. The maximum Gasteiger partial charge on any atom is 0.227 e. The minimum atomic E-state index is -0.246. The van der Waals surface area contributed by atoms with Crippen molar-refractivity contribution in [3.05, 3.63) is 175 Å². The normalized spacial score (nSPS) is 13.5. The lowest BCUT2D eigenvalue weighted by Crippen LogP contribution is -2.09. The van der Waals surface area contributed by atoms with E-state index in [-0.39, 0.29) is 6.23 Å². The predicted octanol–water partition coefficient (Wildman–Crippen LogP) is 11.6. The highest BCUT2D eigenvalue weighted by Gasteiger charge is 2.23. The Kier molecular flexibility index (Phi) is 7.10. The number of para-hydroxylation sites is 4. The zero-order chi connectivity index (χ0) is 34.4. The SMILES string of the molecule is c1ccc2c(c1)NC(c1ccc(-c3cc(-c4ccc(-c5nc6ccccc6o5)cc4)nc(-c4ccc(-c5ccc6ccccc6c5)cc4)n3)cc1)O2. The van der Waals surface area contributed by atoms with E-state index in [1.807, 2.05) is 60.7 Å². The second-order valence-corrected chi connectivity index (χ2v) is 12.9. The smallest absolute Gasteiger partial charge is 0.227 e. The molecular weight excluding hydrogens is 641 g/mol. The molecule has 0 bridgehead atoms. The summed E-state index contributed by atoms with van der Waals surface area (Å²) in [6.45, 7) is 0. The molecule has 7 aromatic carbocycles. The van der Waals surface area contributed by atoms with Gasteiger partial charge in [0.25, 0.3) is 0 Å². The van der Waals surface area contributed by atoms with Crippen LogP contribution in [0.4, 0.5) is 5.69 Å². The van der Waals surface area contributed by atoms with Crippen molar-refractivity contribution in [2.24, 2.45) is 0 Å². The molecule has 6 heteroatoms. The van der Waals surface area contributed by atoms with Crippen LogP contribution in [0.1, 0.15) is 11.8 Å². The number of ether oxygens (including phenoxy) is 1. The van der Waals surface area contributed by atoms with Crippen LogP contribution >= 0.6 is 0 Å². The third kappa shape index (κ3) is 5.53. The van der Waals surface area contributed by atoms with Crippen LogP contribution in [0.3, 0.4) is 0 Å². The van der Waals surface area contributed by atoms with Gasteiger partial charge in [0.05, 0.1) is 17.1 Å². The number of benzene rings is 7. The van der Waals surface area contributed by atoms with Gasteiger partial charge in [-0.15, -0.1) is 0 Å². The number of fused-ring (bicyclic) bond motifs is 3. The molecule has 0 amide bonds. The number of rotatable bonds is 6. The highest BCUT2D eigenvalue weighted by molar-refractivity contribution is 5.87. The Morgan fingerprint density at radius 1 is 0.462 bits per heavy atom. The molecule has 9 aromatic rings. The van der Waals surface area contributed by atoms with Gasteiger partial charge in [-0.1, -0.05) is 121 Å². The molecule has 0 aliphatic carbocycles. The van der Waals surface area contributed by atoms with Gasteiger partial charge >= 0.3 is 0 Å². The van der Waals surface area contributed by atoms with Gasteiger partial charge in [-0.2, -0.15) is 0 Å². The number of nitrogens with one attached hydrogen (secondary N) is 1. The lowest BCUT2D eigenvalue weighted by Gasteiger charge is -2.13. The molecule has 1 aliphatic rings. The molecule has 1 aliphatic heterocycles. The number of hydrogen-bond acceptors (Lipinski definition) is 6. The summed E-state index contributed by atoms with van der Waals surface area (Å²) in [5, 5.41) is 5.91. The maximum atomic E-state index is 6.17. The fourth-order valence-corrected chi connectivity index (χ4v) is 6.80. The third-order valence-electron chi connectivity index (χ3n) is 9.60. The summed E-state index contributed by atoms with van der Waals surface area (Å²) in [4.78, 5) is 14.9. The fourth-order valence-electron chi connectivity index (χ4n) is 6.80. The molecule has 6 nitrogen and oxygen atoms in total. The van der Waals surface area contributed by atoms with E-state index in [0.717, 1.165) is 67.3 Å². The number of aromatic nitrogens is 3. The molecule has 0 fully saturated rings. The summed E-state index contributed by atoms with van der Waals surface area (Å²) in [6, 6.07) is 57.9. The first-order valence-electron chi connectivity index (χ1n) is 17.3. The largest absolute Gasteiger partial charge is 0.464 e. The summed E-state index contributed by atoms with van der Waals surface area (Å²) in [6.07, 6.45) is -0.246. The van der Waals surface area contributed by atoms with Crippen LogP contribution in [0.15, 0.2) is 174 Å². The van der Waals surface area contributed by atoms with Crippen LogP contribution in [0, 0.1) is 0 Å². The maximum absolute atomic E-state index is 6.17. The molecular formula is C46H30N4O2. The quantitative estimate of drug-likeness (QED) is 0.190. The Morgan fingerprint density at radius 3 is 1.85 bits per heavy atom. The van der Waals surface area contributed by atoms with Crippen molar-refractivity contribution >= 4 is 27.6 Å². The Morgan fingerprint density at radius 2 is 1.08 bits per heavy atom. The van der Waals surface area contributed by atoms with Gasteiger partial charge in [0.1, 0.15) is 11.3 Å². The Balaban J connectivity index is 1.00. The number of hydrogen-bond donors (Lipinski definition) is 1. The van der Waals surface area contributed by atoms with Crippen molar-refractivity contribution in [2.45, 2.75) is 6.23 Å². The van der Waals surface area contributed by atoms with Gasteiger partial charge in [-0.3, -0.25) is 0 Å². The monoisotopic (exact) mass is 670 g/mol. The van der Waals surface area contributed by atoms with E-state index < -0.39 is 0 Å². The van der Waals surface area contributed by atoms with E-state index in [2.05, 4.69) is 119 Å². The van der Waals surface area contributed by atoms with Gasteiger partial charge in [0, 0.05) is 27.8 Å². The van der Waals surface area contributed by atoms with Crippen molar-refractivity contribution in [2.75, 3.05) is 5.32 Å². The van der Waals surface area contributed by atoms with Gasteiger partial charge in [0.15, 0.2) is 17.6 Å². The van der Waals surface area contributed by atoms with Crippen LogP contribution in [0.25, 0.3) is 78.4 Å². The highest BCUT2D eigenvalue weighted by Crippen LogP contribution is 2.38. The van der Waals surface area contributed by atoms with Crippen molar-refractivity contribution in [3.63, 3.8) is 0 Å². The molecule has 2 aromatic heterocycles. The molecule has 0 saturated heterocycles. The number of nitrogens with zero attached hydrogens (tertiary/aromatic N) is 3. The minimum absolute atomic E-state index is 0.246. The minimum Gasteiger partial charge on any atom is -0.464 e. The van der Waals surface area contributed by atoms with Crippen LogP contribution in [0.5, 0.6) is 5.75 Å². The zero-order valence-electron chi connectivity index (χ0n) is 27.9. The Bertz CT molecular complexity index is 2680. The summed E-state index contributed by atoms with van der Waals surface area (Å²) in [7, 11) is 0. The van der Waals surface area contributed by atoms with E-state index in [1.165, 1.54) is 16.3 Å². The van der Waals surface area contributed by atoms with Gasteiger partial charge in [-0.25, -0.2) is 15.0 Å². The Labute approximate surface area is 300 Å². The first-order chi connectivity index (χ1) is 25.7. The summed E-state index contributed by atoms with van der Waals surface area (Å²) in [5.74, 6) is 2.10. The summed E-state index contributed by atoms with van der Waals surface area (Å²) < 4.78 is 12.2. The molecule has 0 radical (unpaired) electrons. The van der Waals surface area contributed by atoms with E-state index in [0.29, 0.717) is 11.7 Å². The standard InChI is InChI=1S/C46H30N4O2/c1-2-8-36-27-37(26-15-29(36)7-1)30-13-20-33(21-14-30)44-47-40(31-16-22-34(23-17-31)45-49-38-9-3-5-11-42(38)51-45)28-41(48-44)32-18-24-35(25-19-32)46-50-39-10-4-6-12-43(39)52-46/h1-28,45,49H. The molecule has 1 atom stereocenters. The average Bonchev–Trinajstić information content (AvgIpc) is 3.86. The molecule has 52 heavy (non-hydrogen) atoms. The van der Waals surface area contributed by atoms with Crippen molar-refractivity contribution < 1.29 is 9.15 Å². The number of anilines is 1. The van der Waals surface area contributed by atoms with E-state index in [1.54, 1.807) is 0 Å². The van der Waals surface area contributed by atoms with Crippen LogP contribution in [0.2, 0.25) is 0 Å². The number of oxazole rings is 1. The Hall–Kier alpha value is -7.05. The topological polar surface area (TPSA) is 73.1 Å². The molecule has 3 heterocycles. The van der Waals surface area contributed by atoms with E-state index >= 15 is 0 Å². The molecule has 0 spiro atoms. The van der Waals surface area contributed by atoms with Crippen molar-refractivity contribution in [3.8, 4) is 62.2 Å². The molecule has 0 saturated carbocycles. The highest BCUT2D eigenvalue weighted by atomic mass is 16.5. The van der Waals surface area contributed by atoms with E-state index in [9.17, 15) is 0 Å². The lowest BCUT2D eigenvalue weighted by atomic mass is 10.00. The van der Waals surface area contributed by atoms with Crippen molar-refractivity contribution in [1.29, 1.82) is 0 Å². The molecule has 1 N–H and O–H groups in total. The lowest BCUT2D eigenvalue weighted by molar-refractivity contribution is 0.260. The van der Waals surface area contributed by atoms with E-state index in [4.69, 9.17) is 19.1 Å². The second kappa shape index (κ2) is 12.4. The van der Waals surface area contributed by atoms with Crippen LogP contribution < -0.4 is 10.1 Å². The fraction of sp³-hybridized carbons (Fsp3) is 0.0217. The first kappa shape index (κ1) is 29.8. The average molecular weight is 671 g/mol.